The number of halogens is 2. The summed E-state index contributed by atoms with van der Waals surface area (Å²) >= 11 is 0. The maximum absolute atomic E-state index is 13.7. The Morgan fingerprint density at radius 3 is 2.32 bits per heavy atom. The van der Waals surface area contributed by atoms with Crippen molar-refractivity contribution in [2.24, 2.45) is 5.73 Å². The molecule has 0 aliphatic rings. The molecule has 0 aromatic heterocycles. The summed E-state index contributed by atoms with van der Waals surface area (Å²) in [5.74, 6) is -1.21. The van der Waals surface area contributed by atoms with Gasteiger partial charge in [0.2, 0.25) is 0 Å². The average molecular weight is 261 g/mol. The highest BCUT2D eigenvalue weighted by Gasteiger charge is 2.18. The summed E-state index contributed by atoms with van der Waals surface area (Å²) in [4.78, 5) is 0. The first kappa shape index (κ1) is 13.7. The summed E-state index contributed by atoms with van der Waals surface area (Å²) in [6.45, 7) is 2.09. The van der Waals surface area contributed by atoms with Crippen LogP contribution in [0.15, 0.2) is 42.5 Å². The normalized spacial score (nSPS) is 12.4. The Hall–Kier alpha value is -1.74. The minimum absolute atomic E-state index is 0.0730. The van der Waals surface area contributed by atoms with E-state index < -0.39 is 17.7 Å². The zero-order valence-electron chi connectivity index (χ0n) is 10.9. The lowest BCUT2D eigenvalue weighted by atomic mass is 9.96. The largest absolute Gasteiger partial charge is 0.320 e. The molecule has 2 rings (SSSR count). The lowest BCUT2D eigenvalue weighted by Crippen LogP contribution is -2.15. The molecule has 1 unspecified atom stereocenters. The van der Waals surface area contributed by atoms with Crippen LogP contribution in [0.1, 0.15) is 36.1 Å². The van der Waals surface area contributed by atoms with E-state index in [-0.39, 0.29) is 5.56 Å². The second kappa shape index (κ2) is 5.93. The third-order valence-corrected chi connectivity index (χ3v) is 3.16. The van der Waals surface area contributed by atoms with E-state index in [2.05, 4.69) is 6.92 Å². The third kappa shape index (κ3) is 2.99. The second-order valence-electron chi connectivity index (χ2n) is 4.61. The van der Waals surface area contributed by atoms with Crippen molar-refractivity contribution in [2.75, 3.05) is 0 Å². The summed E-state index contributed by atoms with van der Waals surface area (Å²) < 4.78 is 27.4. The summed E-state index contributed by atoms with van der Waals surface area (Å²) in [6, 6.07) is 10.6. The van der Waals surface area contributed by atoms with Crippen molar-refractivity contribution in [3.8, 4) is 0 Å². The second-order valence-corrected chi connectivity index (χ2v) is 4.61. The predicted octanol–water partition coefficient (Wildman–Crippen LogP) is 3.97. The SMILES string of the molecule is CCCc1cccc(C(N)c2c(F)cccc2F)c1. The van der Waals surface area contributed by atoms with Crippen LogP contribution >= 0.6 is 0 Å². The highest BCUT2D eigenvalue weighted by atomic mass is 19.1. The van der Waals surface area contributed by atoms with Gasteiger partial charge >= 0.3 is 0 Å². The average Bonchev–Trinajstić information content (AvgIpc) is 2.39. The number of hydrogen-bond donors (Lipinski definition) is 1. The Morgan fingerprint density at radius 2 is 1.68 bits per heavy atom. The van der Waals surface area contributed by atoms with Gasteiger partial charge in [0.05, 0.1) is 6.04 Å². The van der Waals surface area contributed by atoms with Crippen LogP contribution in [0.2, 0.25) is 0 Å². The highest BCUT2D eigenvalue weighted by molar-refractivity contribution is 5.35. The van der Waals surface area contributed by atoms with Crippen LogP contribution in [-0.2, 0) is 6.42 Å². The molecule has 3 heteroatoms. The molecule has 2 aromatic rings. The van der Waals surface area contributed by atoms with Crippen molar-refractivity contribution in [3.63, 3.8) is 0 Å². The summed E-state index contributed by atoms with van der Waals surface area (Å²) in [7, 11) is 0. The minimum Gasteiger partial charge on any atom is -0.320 e. The fourth-order valence-electron chi connectivity index (χ4n) is 2.21. The van der Waals surface area contributed by atoms with Crippen LogP contribution in [0.25, 0.3) is 0 Å². The van der Waals surface area contributed by atoms with Gasteiger partial charge in [0, 0.05) is 5.56 Å². The molecule has 2 N–H and O–H groups in total. The van der Waals surface area contributed by atoms with Crippen LogP contribution in [0.3, 0.4) is 0 Å². The van der Waals surface area contributed by atoms with Crippen molar-refractivity contribution >= 4 is 0 Å². The first-order chi connectivity index (χ1) is 9.13. The molecule has 0 heterocycles. The van der Waals surface area contributed by atoms with Gasteiger partial charge in [-0.05, 0) is 29.7 Å². The molecule has 0 fully saturated rings. The van der Waals surface area contributed by atoms with Crippen molar-refractivity contribution in [3.05, 3.63) is 70.8 Å². The summed E-state index contributed by atoms with van der Waals surface area (Å²) in [6.07, 6.45) is 1.95. The Bertz CT molecular complexity index is 546. The van der Waals surface area contributed by atoms with Gasteiger partial charge in [-0.3, -0.25) is 0 Å². The first-order valence-corrected chi connectivity index (χ1v) is 6.41. The van der Waals surface area contributed by atoms with Crippen LogP contribution < -0.4 is 5.73 Å². The molecule has 0 saturated carbocycles. The van der Waals surface area contributed by atoms with Crippen molar-refractivity contribution in [1.29, 1.82) is 0 Å². The molecule has 1 nitrogen and oxygen atoms in total. The van der Waals surface area contributed by atoms with Crippen LogP contribution in [0.5, 0.6) is 0 Å². The molecule has 0 radical (unpaired) electrons. The van der Waals surface area contributed by atoms with Crippen LogP contribution in [0, 0.1) is 11.6 Å². The van der Waals surface area contributed by atoms with E-state index in [0.717, 1.165) is 24.0 Å². The number of hydrogen-bond acceptors (Lipinski definition) is 1. The maximum atomic E-state index is 13.7. The molecule has 100 valence electrons. The lowest BCUT2D eigenvalue weighted by Gasteiger charge is -2.15. The minimum atomic E-state index is -0.780. The first-order valence-electron chi connectivity index (χ1n) is 6.41. The number of rotatable bonds is 4. The van der Waals surface area contributed by atoms with E-state index in [1.165, 1.54) is 18.2 Å². The molecule has 0 saturated heterocycles. The van der Waals surface area contributed by atoms with Crippen molar-refractivity contribution in [1.82, 2.24) is 0 Å². The molecule has 0 aliphatic carbocycles. The van der Waals surface area contributed by atoms with Gasteiger partial charge in [-0.2, -0.15) is 0 Å². The van der Waals surface area contributed by atoms with E-state index in [4.69, 9.17) is 5.73 Å². The van der Waals surface area contributed by atoms with Gasteiger partial charge in [-0.25, -0.2) is 8.78 Å². The van der Waals surface area contributed by atoms with E-state index in [9.17, 15) is 8.78 Å². The number of nitrogens with two attached hydrogens (primary N) is 1. The zero-order valence-corrected chi connectivity index (χ0v) is 10.9. The van der Waals surface area contributed by atoms with Crippen molar-refractivity contribution < 1.29 is 8.78 Å². The molecule has 1 atom stereocenters. The van der Waals surface area contributed by atoms with Crippen LogP contribution in [-0.4, -0.2) is 0 Å². The van der Waals surface area contributed by atoms with E-state index in [0.29, 0.717) is 0 Å². The van der Waals surface area contributed by atoms with Gasteiger partial charge in [0.15, 0.2) is 0 Å². The molecular formula is C16H17F2N. The van der Waals surface area contributed by atoms with E-state index >= 15 is 0 Å². The maximum Gasteiger partial charge on any atom is 0.131 e. The highest BCUT2D eigenvalue weighted by Crippen LogP contribution is 2.25. The van der Waals surface area contributed by atoms with Crippen molar-refractivity contribution in [2.45, 2.75) is 25.8 Å². The molecule has 0 spiro atoms. The predicted molar refractivity (Wildman–Crippen MR) is 72.8 cm³/mol. The smallest absolute Gasteiger partial charge is 0.131 e. The molecular weight excluding hydrogens is 244 g/mol. The Balaban J connectivity index is 2.38. The van der Waals surface area contributed by atoms with Crippen LogP contribution in [0.4, 0.5) is 8.78 Å². The zero-order chi connectivity index (χ0) is 13.8. The topological polar surface area (TPSA) is 26.0 Å². The molecule has 0 aliphatic heterocycles. The fourth-order valence-corrected chi connectivity index (χ4v) is 2.21. The van der Waals surface area contributed by atoms with Gasteiger partial charge in [0.25, 0.3) is 0 Å². The summed E-state index contributed by atoms with van der Waals surface area (Å²) in [5, 5.41) is 0. The third-order valence-electron chi connectivity index (χ3n) is 3.16. The molecule has 0 bridgehead atoms. The summed E-state index contributed by atoms with van der Waals surface area (Å²) in [5.41, 5.74) is 7.79. The fraction of sp³-hybridized carbons (Fsp3) is 0.250. The Morgan fingerprint density at radius 1 is 1.05 bits per heavy atom. The van der Waals surface area contributed by atoms with E-state index in [1.807, 2.05) is 18.2 Å². The molecule has 2 aromatic carbocycles. The molecule has 19 heavy (non-hydrogen) atoms. The van der Waals surface area contributed by atoms with Gasteiger partial charge in [-0.1, -0.05) is 43.7 Å². The number of aryl methyl sites for hydroxylation is 1. The van der Waals surface area contributed by atoms with E-state index in [1.54, 1.807) is 6.07 Å². The molecule has 0 amide bonds. The Kier molecular flexibility index (Phi) is 4.27. The Labute approximate surface area is 112 Å². The van der Waals surface area contributed by atoms with Gasteiger partial charge in [-0.15, -0.1) is 0 Å². The van der Waals surface area contributed by atoms with Gasteiger partial charge < -0.3 is 5.73 Å². The number of benzene rings is 2. The quantitative estimate of drug-likeness (QED) is 0.885. The monoisotopic (exact) mass is 261 g/mol. The standard InChI is InChI=1S/C16H17F2N/c1-2-5-11-6-3-7-12(10-11)16(19)15-13(17)8-4-9-14(15)18/h3-4,6-10,16H,2,5,19H2,1H3. The lowest BCUT2D eigenvalue weighted by molar-refractivity contribution is 0.543. The van der Waals surface area contributed by atoms with Gasteiger partial charge in [0.1, 0.15) is 11.6 Å².